The van der Waals surface area contributed by atoms with Crippen molar-refractivity contribution in [1.82, 2.24) is 9.88 Å². The van der Waals surface area contributed by atoms with Gasteiger partial charge in [-0.05, 0) is 49.2 Å². The Labute approximate surface area is 203 Å². The summed E-state index contributed by atoms with van der Waals surface area (Å²) in [5, 5.41) is 0.702. The average molecular weight is 480 g/mol. The molecular weight excluding hydrogens is 450 g/mol. The van der Waals surface area contributed by atoms with E-state index in [1.807, 2.05) is 29.2 Å². The van der Waals surface area contributed by atoms with Crippen molar-refractivity contribution in [2.24, 2.45) is 5.92 Å². The van der Waals surface area contributed by atoms with Crippen molar-refractivity contribution in [3.05, 3.63) is 47.5 Å². The number of methoxy groups -OCH3 is 1. The standard InChI is InChI=1S/C26H29N3O4S/c1-16-4-5-17(2)24-23(16)27-26(34-24)33-21-10-12-28(13-11-21)25(31)18-14-22(30)29(15-18)19-6-8-20(32-3)9-7-19/h4-9,18,21H,10-15H2,1-3H3. The second-order valence-electron chi connectivity index (χ2n) is 9.10. The highest BCUT2D eigenvalue weighted by Gasteiger charge is 2.38. The molecule has 7 nitrogen and oxygen atoms in total. The van der Waals surface area contributed by atoms with E-state index < -0.39 is 0 Å². The van der Waals surface area contributed by atoms with Crippen LogP contribution in [0.3, 0.4) is 0 Å². The van der Waals surface area contributed by atoms with Crippen molar-refractivity contribution in [2.45, 2.75) is 39.2 Å². The van der Waals surface area contributed by atoms with Crippen molar-refractivity contribution in [1.29, 1.82) is 0 Å². The van der Waals surface area contributed by atoms with Crippen LogP contribution in [0.4, 0.5) is 5.69 Å². The van der Waals surface area contributed by atoms with Crippen LogP contribution in [0.5, 0.6) is 10.9 Å². The summed E-state index contributed by atoms with van der Waals surface area (Å²) in [6.45, 7) is 5.86. The van der Waals surface area contributed by atoms with Crippen LogP contribution >= 0.6 is 11.3 Å². The van der Waals surface area contributed by atoms with Crippen molar-refractivity contribution < 1.29 is 19.1 Å². The zero-order valence-corrected chi connectivity index (χ0v) is 20.6. The summed E-state index contributed by atoms with van der Waals surface area (Å²) in [6, 6.07) is 11.6. The maximum atomic E-state index is 13.2. The van der Waals surface area contributed by atoms with Gasteiger partial charge in [0.15, 0.2) is 0 Å². The van der Waals surface area contributed by atoms with Gasteiger partial charge < -0.3 is 19.3 Å². The van der Waals surface area contributed by atoms with Gasteiger partial charge in [-0.1, -0.05) is 23.5 Å². The van der Waals surface area contributed by atoms with Gasteiger partial charge in [0.1, 0.15) is 11.9 Å². The number of benzene rings is 2. The smallest absolute Gasteiger partial charge is 0.274 e. The molecule has 3 aromatic rings. The van der Waals surface area contributed by atoms with Crippen LogP contribution < -0.4 is 14.4 Å². The predicted molar refractivity (Wildman–Crippen MR) is 133 cm³/mol. The third-order valence-electron chi connectivity index (χ3n) is 6.80. The number of thiazole rings is 1. The fourth-order valence-electron chi connectivity index (χ4n) is 4.77. The highest BCUT2D eigenvalue weighted by Crippen LogP contribution is 2.34. The molecule has 0 bridgehead atoms. The third kappa shape index (κ3) is 4.34. The van der Waals surface area contributed by atoms with Gasteiger partial charge in [-0.15, -0.1) is 0 Å². The maximum absolute atomic E-state index is 13.2. The Morgan fingerprint density at radius 1 is 1.06 bits per heavy atom. The van der Waals surface area contributed by atoms with Crippen LogP contribution in [-0.4, -0.2) is 54.5 Å². The van der Waals surface area contributed by atoms with Crippen molar-refractivity contribution in [2.75, 3.05) is 31.6 Å². The van der Waals surface area contributed by atoms with Crippen LogP contribution in [-0.2, 0) is 9.59 Å². The number of hydrogen-bond donors (Lipinski definition) is 0. The SMILES string of the molecule is COc1ccc(N2CC(C(=O)N3CCC(Oc4nc5c(C)ccc(C)c5s4)CC3)CC2=O)cc1. The molecule has 0 N–H and O–H groups in total. The lowest BCUT2D eigenvalue weighted by molar-refractivity contribution is -0.137. The van der Waals surface area contributed by atoms with E-state index in [-0.39, 0.29) is 30.3 Å². The largest absolute Gasteiger partial charge is 0.497 e. The lowest BCUT2D eigenvalue weighted by atomic mass is 10.0. The Morgan fingerprint density at radius 2 is 1.76 bits per heavy atom. The Morgan fingerprint density at radius 3 is 2.44 bits per heavy atom. The van der Waals surface area contributed by atoms with Crippen molar-refractivity contribution >= 4 is 39.1 Å². The molecule has 1 aromatic heterocycles. The van der Waals surface area contributed by atoms with Crippen LogP contribution in [0, 0.1) is 19.8 Å². The Kier molecular flexibility index (Phi) is 6.16. The van der Waals surface area contributed by atoms with Gasteiger partial charge in [-0.2, -0.15) is 0 Å². The topological polar surface area (TPSA) is 72.0 Å². The molecule has 8 heteroatoms. The minimum absolute atomic E-state index is 0.0110. The number of hydrogen-bond acceptors (Lipinski definition) is 6. The van der Waals surface area contributed by atoms with Crippen molar-refractivity contribution in [3.8, 4) is 10.9 Å². The Bertz CT molecular complexity index is 1180. The molecule has 0 spiro atoms. The van der Waals surface area contributed by atoms with E-state index in [1.54, 1.807) is 23.3 Å². The monoisotopic (exact) mass is 479 g/mol. The summed E-state index contributed by atoms with van der Waals surface area (Å²) in [5.74, 6) is 0.490. The summed E-state index contributed by atoms with van der Waals surface area (Å²) in [5.41, 5.74) is 4.18. The second kappa shape index (κ2) is 9.25. The van der Waals surface area contributed by atoms with Crippen molar-refractivity contribution in [3.63, 3.8) is 0 Å². The van der Waals surface area contributed by atoms with E-state index in [9.17, 15) is 9.59 Å². The minimum atomic E-state index is -0.303. The number of aryl methyl sites for hydroxylation is 2. The molecule has 2 aromatic carbocycles. The second-order valence-corrected chi connectivity index (χ2v) is 10.1. The lowest BCUT2D eigenvalue weighted by Crippen LogP contribution is -2.44. The van der Waals surface area contributed by atoms with Gasteiger partial charge in [-0.3, -0.25) is 9.59 Å². The number of likely N-dealkylation sites (tertiary alicyclic amines) is 1. The number of piperidine rings is 1. The molecule has 2 aliphatic rings. The first-order chi connectivity index (χ1) is 16.4. The molecule has 2 fully saturated rings. The van der Waals surface area contributed by atoms with E-state index >= 15 is 0 Å². The summed E-state index contributed by atoms with van der Waals surface area (Å²) >= 11 is 1.60. The van der Waals surface area contributed by atoms with E-state index in [0.29, 0.717) is 24.8 Å². The molecule has 1 unspecified atom stereocenters. The van der Waals surface area contributed by atoms with Crippen LogP contribution in [0.1, 0.15) is 30.4 Å². The molecule has 5 rings (SSSR count). The molecule has 178 valence electrons. The molecule has 2 amide bonds. The van der Waals surface area contributed by atoms with E-state index in [4.69, 9.17) is 14.5 Å². The number of rotatable bonds is 5. The number of carbonyl (C=O) groups is 2. The number of fused-ring (bicyclic) bond motifs is 1. The van der Waals surface area contributed by atoms with Gasteiger partial charge in [0, 0.05) is 44.6 Å². The summed E-state index contributed by atoms with van der Waals surface area (Å²) < 4.78 is 12.6. The molecule has 1 atom stereocenters. The molecule has 0 radical (unpaired) electrons. The van der Waals surface area contributed by atoms with Crippen LogP contribution in [0.2, 0.25) is 0 Å². The first-order valence-corrected chi connectivity index (χ1v) is 12.5. The molecule has 2 saturated heterocycles. The number of carbonyl (C=O) groups excluding carboxylic acids is 2. The number of nitrogens with zero attached hydrogens (tertiary/aromatic N) is 3. The van der Waals surface area contributed by atoms with E-state index in [2.05, 4.69) is 26.0 Å². The zero-order valence-electron chi connectivity index (χ0n) is 19.7. The lowest BCUT2D eigenvalue weighted by Gasteiger charge is -2.33. The summed E-state index contributed by atoms with van der Waals surface area (Å²) in [7, 11) is 1.61. The minimum Gasteiger partial charge on any atom is -0.497 e. The normalized spacial score (nSPS) is 19.1. The first-order valence-electron chi connectivity index (χ1n) is 11.7. The third-order valence-corrected chi connectivity index (χ3v) is 7.88. The van der Waals surface area contributed by atoms with Gasteiger partial charge in [-0.25, -0.2) is 4.98 Å². The summed E-state index contributed by atoms with van der Waals surface area (Å²) in [6.07, 6.45) is 1.84. The fourth-order valence-corrected chi connectivity index (χ4v) is 5.80. The Balaban J connectivity index is 1.17. The highest BCUT2D eigenvalue weighted by atomic mass is 32.1. The quantitative estimate of drug-likeness (QED) is 0.544. The molecule has 2 aliphatic heterocycles. The maximum Gasteiger partial charge on any atom is 0.274 e. The molecule has 34 heavy (non-hydrogen) atoms. The molecule has 0 aliphatic carbocycles. The molecule has 0 saturated carbocycles. The number of aromatic nitrogens is 1. The molecule has 3 heterocycles. The number of amides is 2. The summed E-state index contributed by atoms with van der Waals surface area (Å²) in [4.78, 5) is 34.1. The van der Waals surface area contributed by atoms with E-state index in [0.717, 1.165) is 35.4 Å². The number of ether oxygens (including phenoxy) is 2. The van der Waals surface area contributed by atoms with E-state index in [1.165, 1.54) is 10.3 Å². The predicted octanol–water partition coefficient (Wildman–Crippen LogP) is 4.34. The first kappa shape index (κ1) is 22.7. The average Bonchev–Trinajstić information content (AvgIpc) is 3.46. The fraction of sp³-hybridized carbons (Fsp3) is 0.423. The number of anilines is 1. The highest BCUT2D eigenvalue weighted by molar-refractivity contribution is 7.20. The van der Waals surface area contributed by atoms with Gasteiger partial charge in [0.05, 0.1) is 23.2 Å². The zero-order chi connectivity index (χ0) is 23.8. The van der Waals surface area contributed by atoms with Gasteiger partial charge >= 0.3 is 0 Å². The van der Waals surface area contributed by atoms with Crippen LogP contribution in [0.15, 0.2) is 36.4 Å². The van der Waals surface area contributed by atoms with Gasteiger partial charge in [0.25, 0.3) is 5.19 Å². The molecular formula is C26H29N3O4S. The van der Waals surface area contributed by atoms with Crippen LogP contribution in [0.25, 0.3) is 10.2 Å². The van der Waals surface area contributed by atoms with Gasteiger partial charge in [0.2, 0.25) is 11.8 Å². The Hall–Kier alpha value is -3.13.